The Morgan fingerprint density at radius 3 is 2.72 bits per heavy atom. The highest BCUT2D eigenvalue weighted by atomic mass is 31.2. The lowest BCUT2D eigenvalue weighted by Gasteiger charge is -2.06. The van der Waals surface area contributed by atoms with Crippen molar-refractivity contribution in [2.45, 2.75) is 0 Å². The number of para-hydroxylation sites is 1. The fourth-order valence-corrected chi connectivity index (χ4v) is 3.26. The average Bonchev–Trinajstić information content (AvgIpc) is 3.08. The Kier molecular flexibility index (Phi) is 3.51. The van der Waals surface area contributed by atoms with Crippen LogP contribution in [0.2, 0.25) is 0 Å². The summed E-state index contributed by atoms with van der Waals surface area (Å²) >= 11 is 0. The topological polar surface area (TPSA) is 112 Å². The summed E-state index contributed by atoms with van der Waals surface area (Å²) in [5, 5.41) is 3.50. The molecule has 3 aromatic rings. The molecular weight excluding hydrogens is 343 g/mol. The molecule has 0 saturated carbocycles. The number of phosphoric acid groups is 1. The van der Waals surface area contributed by atoms with Crippen LogP contribution in [0.3, 0.4) is 0 Å². The van der Waals surface area contributed by atoms with Crippen LogP contribution in [-0.4, -0.2) is 20.7 Å². The Morgan fingerprint density at radius 2 is 1.92 bits per heavy atom. The second kappa shape index (κ2) is 5.60. The maximum atomic E-state index is 12.2. The van der Waals surface area contributed by atoms with Gasteiger partial charge in [0.2, 0.25) is 0 Å². The van der Waals surface area contributed by atoms with Crippen LogP contribution in [0.5, 0.6) is 5.75 Å². The fraction of sp³-hybridized carbons (Fsp3) is 0. The van der Waals surface area contributed by atoms with Crippen molar-refractivity contribution in [1.29, 1.82) is 0 Å². The number of aromatic amines is 1. The van der Waals surface area contributed by atoms with E-state index in [9.17, 15) is 9.36 Å². The first-order valence-electron chi connectivity index (χ1n) is 7.39. The van der Waals surface area contributed by atoms with E-state index in [0.717, 1.165) is 16.8 Å². The molecule has 0 atom stereocenters. The zero-order valence-corrected chi connectivity index (χ0v) is 13.7. The number of benzene rings is 2. The first kappa shape index (κ1) is 15.7. The van der Waals surface area contributed by atoms with Crippen LogP contribution >= 0.6 is 7.82 Å². The molecule has 1 aromatic heterocycles. The van der Waals surface area contributed by atoms with Gasteiger partial charge in [0.05, 0.1) is 0 Å². The van der Waals surface area contributed by atoms with Gasteiger partial charge < -0.3 is 14.8 Å². The minimum atomic E-state index is -4.63. The van der Waals surface area contributed by atoms with E-state index in [1.54, 1.807) is 18.3 Å². The number of carbonyl (C=O) groups excluding carboxylic acids is 1. The van der Waals surface area contributed by atoms with Crippen LogP contribution < -0.4 is 9.84 Å². The molecule has 0 unspecified atom stereocenters. The van der Waals surface area contributed by atoms with Gasteiger partial charge in [0, 0.05) is 39.5 Å². The Labute approximate surface area is 142 Å². The third-order valence-electron chi connectivity index (χ3n) is 3.92. The van der Waals surface area contributed by atoms with Gasteiger partial charge in [0.15, 0.2) is 0 Å². The van der Waals surface area contributed by atoms with Crippen molar-refractivity contribution in [3.05, 3.63) is 59.8 Å². The lowest BCUT2D eigenvalue weighted by molar-refractivity contribution is -0.110. The van der Waals surface area contributed by atoms with E-state index in [2.05, 4.69) is 14.8 Å². The summed E-state index contributed by atoms with van der Waals surface area (Å²) in [5.74, 6) is -0.144. The van der Waals surface area contributed by atoms with Crippen LogP contribution in [0, 0.1) is 0 Å². The Balaban J connectivity index is 1.81. The molecule has 8 heteroatoms. The van der Waals surface area contributed by atoms with Crippen molar-refractivity contribution in [3.8, 4) is 5.75 Å². The van der Waals surface area contributed by atoms with Gasteiger partial charge in [-0.15, -0.1) is 0 Å². The molecule has 2 heterocycles. The largest absolute Gasteiger partial charge is 0.524 e. The normalized spacial score (nSPS) is 15.4. The second-order valence-electron chi connectivity index (χ2n) is 5.59. The number of hydrogen-bond acceptors (Lipinski definition) is 3. The highest BCUT2D eigenvalue weighted by Crippen LogP contribution is 2.39. The van der Waals surface area contributed by atoms with E-state index in [4.69, 9.17) is 9.79 Å². The first-order chi connectivity index (χ1) is 11.9. The number of rotatable bonds is 3. The van der Waals surface area contributed by atoms with Crippen LogP contribution in [0.25, 0.3) is 22.6 Å². The van der Waals surface area contributed by atoms with Crippen molar-refractivity contribution >= 4 is 42.0 Å². The molecule has 2 aromatic carbocycles. The van der Waals surface area contributed by atoms with Crippen molar-refractivity contribution < 1.29 is 23.7 Å². The minimum absolute atomic E-state index is 0.0522. The van der Waals surface area contributed by atoms with E-state index in [1.165, 1.54) is 12.1 Å². The molecule has 0 fully saturated rings. The summed E-state index contributed by atoms with van der Waals surface area (Å²) in [6.07, 6.45) is 3.47. The van der Waals surface area contributed by atoms with Crippen LogP contribution in [0.1, 0.15) is 11.1 Å². The summed E-state index contributed by atoms with van der Waals surface area (Å²) < 4.78 is 15.7. The number of carbonyl (C=O) groups is 1. The van der Waals surface area contributed by atoms with Gasteiger partial charge >= 0.3 is 7.82 Å². The minimum Gasteiger partial charge on any atom is -0.404 e. The fourth-order valence-electron chi connectivity index (χ4n) is 2.87. The van der Waals surface area contributed by atoms with Gasteiger partial charge in [-0.05, 0) is 30.3 Å². The van der Waals surface area contributed by atoms with Gasteiger partial charge in [0.25, 0.3) is 5.91 Å². The molecular formula is C17H13N2O5P. The van der Waals surface area contributed by atoms with E-state index < -0.39 is 7.82 Å². The summed E-state index contributed by atoms with van der Waals surface area (Å²) in [7, 11) is -4.63. The van der Waals surface area contributed by atoms with Crippen molar-refractivity contribution in [1.82, 2.24) is 4.98 Å². The molecule has 4 rings (SSSR count). The zero-order chi connectivity index (χ0) is 17.6. The molecule has 7 nitrogen and oxygen atoms in total. The van der Waals surface area contributed by atoms with E-state index in [0.29, 0.717) is 16.5 Å². The first-order valence-corrected chi connectivity index (χ1v) is 8.92. The quantitative estimate of drug-likeness (QED) is 0.426. The molecule has 1 aliphatic rings. The molecule has 0 radical (unpaired) electrons. The summed E-state index contributed by atoms with van der Waals surface area (Å²) in [6.45, 7) is 0. The van der Waals surface area contributed by atoms with Gasteiger partial charge in [-0.2, -0.15) is 0 Å². The van der Waals surface area contributed by atoms with Gasteiger partial charge in [-0.25, -0.2) is 4.57 Å². The zero-order valence-electron chi connectivity index (χ0n) is 12.8. The van der Waals surface area contributed by atoms with Crippen LogP contribution in [0.4, 0.5) is 5.69 Å². The predicted molar refractivity (Wildman–Crippen MR) is 93.9 cm³/mol. The predicted octanol–water partition coefficient (Wildman–Crippen LogP) is 3.13. The molecule has 0 aliphatic carbocycles. The molecule has 0 bridgehead atoms. The smallest absolute Gasteiger partial charge is 0.404 e. The number of hydrogen-bond donors (Lipinski definition) is 4. The number of fused-ring (bicyclic) bond motifs is 2. The van der Waals surface area contributed by atoms with Crippen molar-refractivity contribution in [2.24, 2.45) is 0 Å². The van der Waals surface area contributed by atoms with E-state index in [-0.39, 0.29) is 11.7 Å². The Hall–Kier alpha value is -2.86. The number of aromatic nitrogens is 1. The molecule has 4 N–H and O–H groups in total. The van der Waals surface area contributed by atoms with E-state index >= 15 is 0 Å². The average molecular weight is 356 g/mol. The number of anilines is 1. The highest BCUT2D eigenvalue weighted by molar-refractivity contribution is 7.46. The number of amides is 1. The number of phosphoric ester groups is 1. The number of H-pyrrole nitrogens is 1. The van der Waals surface area contributed by atoms with Crippen molar-refractivity contribution in [3.63, 3.8) is 0 Å². The summed E-state index contributed by atoms with van der Waals surface area (Å²) in [6, 6.07) is 12.0. The maximum absolute atomic E-state index is 12.2. The van der Waals surface area contributed by atoms with Gasteiger partial charge in [-0.3, -0.25) is 14.6 Å². The monoisotopic (exact) mass is 356 g/mol. The third-order valence-corrected chi connectivity index (χ3v) is 4.37. The van der Waals surface area contributed by atoms with E-state index in [1.807, 2.05) is 24.3 Å². The Bertz CT molecular complexity index is 1080. The van der Waals surface area contributed by atoms with Gasteiger partial charge in [0.1, 0.15) is 5.75 Å². The lowest BCUT2D eigenvalue weighted by atomic mass is 10.0. The van der Waals surface area contributed by atoms with Crippen LogP contribution in [0.15, 0.2) is 48.7 Å². The second-order valence-corrected chi connectivity index (χ2v) is 6.75. The summed E-state index contributed by atoms with van der Waals surface area (Å²) in [4.78, 5) is 33.2. The number of nitrogens with one attached hydrogen (secondary N) is 2. The molecule has 126 valence electrons. The molecule has 0 saturated heterocycles. The Morgan fingerprint density at radius 1 is 1.12 bits per heavy atom. The van der Waals surface area contributed by atoms with Crippen molar-refractivity contribution in [2.75, 3.05) is 5.32 Å². The maximum Gasteiger partial charge on any atom is 0.524 e. The van der Waals surface area contributed by atoms with Gasteiger partial charge in [-0.1, -0.05) is 18.2 Å². The standard InChI is InChI=1S/C17H13N2O5P/c20-17-14(12-3-1-2-4-16(12)19-17)7-10-9-18-15-6-5-11(8-13(10)15)24-25(21,22)23/h1-9,18H,(H,19,20)(H2,21,22,23)/b14-7+. The highest BCUT2D eigenvalue weighted by Gasteiger charge is 2.24. The lowest BCUT2D eigenvalue weighted by Crippen LogP contribution is -2.03. The molecule has 0 spiro atoms. The molecule has 25 heavy (non-hydrogen) atoms. The molecule has 1 amide bonds. The van der Waals surface area contributed by atoms with Crippen LogP contribution in [-0.2, 0) is 9.36 Å². The summed E-state index contributed by atoms with van der Waals surface area (Å²) in [5.41, 5.74) is 3.57. The SMILES string of the molecule is O=C1Nc2ccccc2/C1=C\c1c[nH]c2ccc(OP(=O)(O)O)cc12. The molecule has 1 aliphatic heterocycles. The third kappa shape index (κ3) is 2.96.